The van der Waals surface area contributed by atoms with Gasteiger partial charge in [-0.15, -0.1) is 11.3 Å². The zero-order chi connectivity index (χ0) is 16.8. The van der Waals surface area contributed by atoms with E-state index in [2.05, 4.69) is 5.32 Å². The van der Waals surface area contributed by atoms with E-state index in [1.165, 1.54) is 29.5 Å². The number of amides is 1. The summed E-state index contributed by atoms with van der Waals surface area (Å²) in [6.07, 6.45) is -1.44. The molecule has 0 aliphatic carbocycles. The minimum atomic E-state index is -1.06. The minimum absolute atomic E-state index is 0.150. The van der Waals surface area contributed by atoms with Gasteiger partial charge in [0.15, 0.2) is 0 Å². The molecule has 1 aromatic carbocycles. The lowest BCUT2D eigenvalue weighted by Gasteiger charge is -2.18. The molecular weight excluding hydrogens is 317 g/mol. The van der Waals surface area contributed by atoms with Gasteiger partial charge in [-0.25, -0.2) is 4.39 Å². The minimum Gasteiger partial charge on any atom is -0.388 e. The molecule has 2 aromatic rings. The third-order valence-electron chi connectivity index (χ3n) is 3.47. The molecule has 0 aliphatic heterocycles. The third kappa shape index (κ3) is 5.42. The molecule has 0 fully saturated rings. The molecule has 6 heteroatoms. The van der Waals surface area contributed by atoms with Crippen molar-refractivity contribution in [2.75, 3.05) is 0 Å². The van der Waals surface area contributed by atoms with E-state index < -0.39 is 18.0 Å². The average Bonchev–Trinajstić information content (AvgIpc) is 3.01. The number of hydrogen-bond donors (Lipinski definition) is 3. The highest BCUT2D eigenvalue weighted by atomic mass is 32.1. The second-order valence-corrected chi connectivity index (χ2v) is 6.49. The summed E-state index contributed by atoms with van der Waals surface area (Å²) in [5.41, 5.74) is 0.367. The van der Waals surface area contributed by atoms with Gasteiger partial charge in [-0.3, -0.25) is 4.79 Å². The lowest BCUT2D eigenvalue weighted by Crippen LogP contribution is -2.34. The van der Waals surface area contributed by atoms with Crippen molar-refractivity contribution in [2.24, 2.45) is 0 Å². The van der Waals surface area contributed by atoms with Crippen molar-refractivity contribution in [1.82, 2.24) is 5.32 Å². The van der Waals surface area contributed by atoms with Crippen molar-refractivity contribution in [1.29, 1.82) is 0 Å². The lowest BCUT2D eigenvalue weighted by molar-refractivity contribution is -0.123. The second-order valence-electron chi connectivity index (χ2n) is 5.51. The average molecular weight is 337 g/mol. The molecule has 0 radical (unpaired) electrons. The van der Waals surface area contributed by atoms with Gasteiger partial charge in [0.25, 0.3) is 0 Å². The molecule has 0 spiro atoms. The summed E-state index contributed by atoms with van der Waals surface area (Å²) in [7, 11) is 0. The van der Waals surface area contributed by atoms with Crippen molar-refractivity contribution in [3.8, 4) is 0 Å². The molecule has 3 unspecified atom stereocenters. The SMILES string of the molecule is CC(CC(O)c1cccs1)NC(=O)CC(O)c1cccc(F)c1. The highest BCUT2D eigenvalue weighted by molar-refractivity contribution is 7.10. The van der Waals surface area contributed by atoms with Crippen molar-refractivity contribution in [2.45, 2.75) is 38.0 Å². The number of aliphatic hydroxyl groups excluding tert-OH is 2. The Morgan fingerprint density at radius 3 is 2.70 bits per heavy atom. The van der Waals surface area contributed by atoms with Crippen molar-refractivity contribution >= 4 is 17.2 Å². The monoisotopic (exact) mass is 337 g/mol. The molecule has 124 valence electrons. The van der Waals surface area contributed by atoms with Gasteiger partial charge in [0.1, 0.15) is 5.82 Å². The number of thiophene rings is 1. The maximum Gasteiger partial charge on any atom is 0.223 e. The van der Waals surface area contributed by atoms with E-state index in [0.29, 0.717) is 12.0 Å². The van der Waals surface area contributed by atoms with Crippen molar-refractivity contribution in [3.05, 3.63) is 58.0 Å². The Kier molecular flexibility index (Phi) is 6.27. The number of benzene rings is 1. The largest absolute Gasteiger partial charge is 0.388 e. The van der Waals surface area contributed by atoms with Crippen LogP contribution in [0.2, 0.25) is 0 Å². The maximum atomic E-state index is 13.1. The van der Waals surface area contributed by atoms with Crippen LogP contribution >= 0.6 is 11.3 Å². The Balaban J connectivity index is 1.81. The third-order valence-corrected chi connectivity index (χ3v) is 4.44. The van der Waals surface area contributed by atoms with E-state index in [1.54, 1.807) is 13.0 Å². The summed E-state index contributed by atoms with van der Waals surface area (Å²) in [4.78, 5) is 12.8. The van der Waals surface area contributed by atoms with Crippen LogP contribution < -0.4 is 5.32 Å². The number of hydrogen-bond acceptors (Lipinski definition) is 4. The highest BCUT2D eigenvalue weighted by Crippen LogP contribution is 2.23. The summed E-state index contributed by atoms with van der Waals surface area (Å²) in [5, 5.41) is 24.7. The molecule has 23 heavy (non-hydrogen) atoms. The number of carbonyl (C=O) groups excluding carboxylic acids is 1. The van der Waals surface area contributed by atoms with Gasteiger partial charge in [-0.05, 0) is 42.5 Å². The molecule has 4 nitrogen and oxygen atoms in total. The number of nitrogens with one attached hydrogen (secondary N) is 1. The molecule has 0 bridgehead atoms. The fourth-order valence-electron chi connectivity index (χ4n) is 2.33. The second kappa shape index (κ2) is 8.19. The first-order chi connectivity index (χ1) is 11.0. The van der Waals surface area contributed by atoms with Crippen LogP contribution in [0.25, 0.3) is 0 Å². The first-order valence-corrected chi connectivity index (χ1v) is 8.28. The molecule has 3 N–H and O–H groups in total. The Hall–Kier alpha value is -1.76. The molecule has 0 saturated heterocycles. The van der Waals surface area contributed by atoms with Crippen LogP contribution in [0.3, 0.4) is 0 Å². The number of rotatable bonds is 7. The van der Waals surface area contributed by atoms with Gasteiger partial charge >= 0.3 is 0 Å². The van der Waals surface area contributed by atoms with Crippen LogP contribution in [0.4, 0.5) is 4.39 Å². The van der Waals surface area contributed by atoms with Gasteiger partial charge in [-0.1, -0.05) is 18.2 Å². The van der Waals surface area contributed by atoms with Crippen LogP contribution in [-0.4, -0.2) is 22.2 Å². The predicted molar refractivity (Wildman–Crippen MR) is 87.5 cm³/mol. The molecular formula is C17H20FNO3S. The van der Waals surface area contributed by atoms with Gasteiger partial charge in [0.2, 0.25) is 5.91 Å². The first-order valence-electron chi connectivity index (χ1n) is 7.40. The standard InChI is InChI=1S/C17H20FNO3S/c1-11(8-15(21)16-6-3-7-23-16)19-17(22)10-14(20)12-4-2-5-13(18)9-12/h2-7,9,11,14-15,20-21H,8,10H2,1H3,(H,19,22). The summed E-state index contributed by atoms with van der Waals surface area (Å²) >= 11 is 1.46. The van der Waals surface area contributed by atoms with E-state index >= 15 is 0 Å². The molecule has 3 atom stereocenters. The Bertz CT molecular complexity index is 633. The first kappa shape index (κ1) is 17.6. The number of carbonyl (C=O) groups is 1. The molecule has 1 aromatic heterocycles. The molecule has 1 heterocycles. The highest BCUT2D eigenvalue weighted by Gasteiger charge is 2.18. The van der Waals surface area contributed by atoms with E-state index in [-0.39, 0.29) is 18.4 Å². The zero-order valence-electron chi connectivity index (χ0n) is 12.8. The zero-order valence-corrected chi connectivity index (χ0v) is 13.6. The van der Waals surface area contributed by atoms with Crippen LogP contribution in [0.15, 0.2) is 41.8 Å². The van der Waals surface area contributed by atoms with Gasteiger partial charge in [0, 0.05) is 10.9 Å². The topological polar surface area (TPSA) is 69.6 Å². The van der Waals surface area contributed by atoms with Gasteiger partial charge in [0.05, 0.1) is 18.6 Å². The summed E-state index contributed by atoms with van der Waals surface area (Å²) in [5.74, 6) is -0.790. The predicted octanol–water partition coefficient (Wildman–Crippen LogP) is 2.94. The van der Waals surface area contributed by atoms with Crippen LogP contribution in [0, 0.1) is 5.82 Å². The summed E-state index contributed by atoms with van der Waals surface area (Å²) in [6.45, 7) is 1.79. The van der Waals surface area contributed by atoms with Crippen molar-refractivity contribution < 1.29 is 19.4 Å². The van der Waals surface area contributed by atoms with E-state index in [0.717, 1.165) is 4.88 Å². The fourth-order valence-corrected chi connectivity index (χ4v) is 3.06. The molecule has 2 rings (SSSR count). The quantitative estimate of drug-likeness (QED) is 0.727. The molecule has 0 saturated carbocycles. The smallest absolute Gasteiger partial charge is 0.223 e. The van der Waals surface area contributed by atoms with Crippen LogP contribution in [0.5, 0.6) is 0 Å². The Morgan fingerprint density at radius 2 is 2.04 bits per heavy atom. The fraction of sp³-hybridized carbons (Fsp3) is 0.353. The molecule has 0 aliphatic rings. The van der Waals surface area contributed by atoms with E-state index in [1.807, 2.05) is 17.5 Å². The van der Waals surface area contributed by atoms with Gasteiger partial charge < -0.3 is 15.5 Å². The lowest BCUT2D eigenvalue weighted by atomic mass is 10.1. The van der Waals surface area contributed by atoms with Gasteiger partial charge in [-0.2, -0.15) is 0 Å². The van der Waals surface area contributed by atoms with E-state index in [9.17, 15) is 19.4 Å². The Morgan fingerprint density at radius 1 is 1.26 bits per heavy atom. The number of aliphatic hydroxyl groups is 2. The Labute approximate surface area is 138 Å². The summed E-state index contributed by atoms with van der Waals surface area (Å²) < 4.78 is 13.1. The summed E-state index contributed by atoms with van der Waals surface area (Å²) in [6, 6.07) is 9.03. The van der Waals surface area contributed by atoms with E-state index in [4.69, 9.17) is 0 Å². The maximum absolute atomic E-state index is 13.1. The molecule has 1 amide bonds. The normalized spacial score (nSPS) is 15.0. The number of halogens is 1. The van der Waals surface area contributed by atoms with Crippen molar-refractivity contribution in [3.63, 3.8) is 0 Å². The van der Waals surface area contributed by atoms with Crippen LogP contribution in [0.1, 0.15) is 42.4 Å². The van der Waals surface area contributed by atoms with Crippen LogP contribution in [-0.2, 0) is 4.79 Å².